The molecular weight excluding hydrogens is 326 g/mol. The summed E-state index contributed by atoms with van der Waals surface area (Å²) in [6.45, 7) is 2.07. The third-order valence-corrected chi connectivity index (χ3v) is 4.19. The topological polar surface area (TPSA) is 50.9 Å². The van der Waals surface area contributed by atoms with Crippen LogP contribution in [0.4, 0.5) is 0 Å². The molecule has 0 fully saturated rings. The molecule has 0 spiro atoms. The van der Waals surface area contributed by atoms with Gasteiger partial charge in [0.25, 0.3) is 0 Å². The van der Waals surface area contributed by atoms with Crippen molar-refractivity contribution >= 4 is 26.8 Å². The first kappa shape index (κ1) is 14.2. The number of fused-ring (bicyclic) bond motifs is 1. The number of hydrazine groups is 1. The van der Waals surface area contributed by atoms with Crippen LogP contribution in [0.5, 0.6) is 0 Å². The summed E-state index contributed by atoms with van der Waals surface area (Å²) >= 11 is 3.61. The van der Waals surface area contributed by atoms with Crippen molar-refractivity contribution in [3.8, 4) is 0 Å². The van der Waals surface area contributed by atoms with Gasteiger partial charge in [-0.2, -0.15) is 0 Å². The third-order valence-electron chi connectivity index (χ3n) is 3.56. The monoisotopic (exact) mass is 341 g/mol. The maximum Gasteiger partial charge on any atom is 0.0893 e. The predicted molar refractivity (Wildman–Crippen MR) is 89.8 cm³/mol. The molecule has 0 radical (unpaired) electrons. The second-order valence-corrected chi connectivity index (χ2v) is 5.91. The molecule has 0 aliphatic heterocycles. The van der Waals surface area contributed by atoms with Gasteiger partial charge in [0.2, 0.25) is 0 Å². The van der Waals surface area contributed by atoms with Crippen LogP contribution in [-0.4, -0.2) is 4.98 Å². The molecule has 0 aliphatic carbocycles. The minimum atomic E-state index is -0.149. The van der Waals surface area contributed by atoms with Crippen LogP contribution in [0.25, 0.3) is 10.9 Å². The Morgan fingerprint density at radius 3 is 2.52 bits per heavy atom. The van der Waals surface area contributed by atoms with Gasteiger partial charge < -0.3 is 0 Å². The molecular formula is C17H16BrN3. The highest BCUT2D eigenvalue weighted by molar-refractivity contribution is 9.10. The van der Waals surface area contributed by atoms with Crippen molar-refractivity contribution in [3.05, 3.63) is 75.9 Å². The number of rotatable bonds is 3. The van der Waals surface area contributed by atoms with Gasteiger partial charge >= 0.3 is 0 Å². The summed E-state index contributed by atoms with van der Waals surface area (Å²) in [5.74, 6) is 5.78. The van der Waals surface area contributed by atoms with Crippen molar-refractivity contribution < 1.29 is 0 Å². The standard InChI is InChI=1S/C17H16BrN3/c1-11-6-8-12(9-7-11)16(21-19)17-14(18)10-13-4-2-3-5-15(13)20-17/h2-10,16,21H,19H2,1H3. The van der Waals surface area contributed by atoms with Crippen molar-refractivity contribution in [2.45, 2.75) is 13.0 Å². The van der Waals surface area contributed by atoms with Gasteiger partial charge in [-0.25, -0.2) is 10.4 Å². The molecule has 1 aromatic heterocycles. The van der Waals surface area contributed by atoms with Crippen LogP contribution in [0.2, 0.25) is 0 Å². The molecule has 0 bridgehead atoms. The van der Waals surface area contributed by atoms with Crippen molar-refractivity contribution in [1.82, 2.24) is 10.4 Å². The zero-order valence-corrected chi connectivity index (χ0v) is 13.3. The third kappa shape index (κ3) is 2.83. The summed E-state index contributed by atoms with van der Waals surface area (Å²) in [6, 6.07) is 18.3. The van der Waals surface area contributed by atoms with E-state index in [0.29, 0.717) is 0 Å². The van der Waals surface area contributed by atoms with E-state index in [0.717, 1.165) is 26.6 Å². The number of hydrogen-bond donors (Lipinski definition) is 2. The molecule has 2 aromatic carbocycles. The Hall–Kier alpha value is -1.75. The Kier molecular flexibility index (Phi) is 4.01. The maximum absolute atomic E-state index is 5.78. The fourth-order valence-corrected chi connectivity index (χ4v) is 2.96. The number of halogens is 1. The molecule has 3 N–H and O–H groups in total. The lowest BCUT2D eigenvalue weighted by atomic mass is 10.0. The second-order valence-electron chi connectivity index (χ2n) is 5.06. The van der Waals surface area contributed by atoms with Gasteiger partial charge in [-0.3, -0.25) is 5.84 Å². The number of benzene rings is 2. The number of hydrogen-bond acceptors (Lipinski definition) is 3. The van der Waals surface area contributed by atoms with Crippen LogP contribution in [0.15, 0.2) is 59.1 Å². The lowest BCUT2D eigenvalue weighted by Crippen LogP contribution is -2.29. The van der Waals surface area contributed by atoms with E-state index in [4.69, 9.17) is 10.8 Å². The molecule has 1 atom stereocenters. The highest BCUT2D eigenvalue weighted by Crippen LogP contribution is 2.29. The Labute approximate surface area is 132 Å². The van der Waals surface area contributed by atoms with E-state index in [2.05, 4.69) is 58.6 Å². The van der Waals surface area contributed by atoms with Gasteiger partial charge in [0.05, 0.1) is 17.3 Å². The highest BCUT2D eigenvalue weighted by atomic mass is 79.9. The van der Waals surface area contributed by atoms with E-state index in [-0.39, 0.29) is 6.04 Å². The summed E-state index contributed by atoms with van der Waals surface area (Å²) in [6.07, 6.45) is 0. The van der Waals surface area contributed by atoms with E-state index in [1.54, 1.807) is 0 Å². The quantitative estimate of drug-likeness (QED) is 0.561. The molecule has 0 amide bonds. The maximum atomic E-state index is 5.78. The average molecular weight is 342 g/mol. The summed E-state index contributed by atoms with van der Waals surface area (Å²) in [5, 5.41) is 1.10. The van der Waals surface area contributed by atoms with Crippen molar-refractivity contribution in [2.24, 2.45) is 5.84 Å². The first-order valence-electron chi connectivity index (χ1n) is 6.77. The largest absolute Gasteiger partial charge is 0.271 e. The fourth-order valence-electron chi connectivity index (χ4n) is 2.40. The van der Waals surface area contributed by atoms with E-state index in [1.165, 1.54) is 5.56 Å². The van der Waals surface area contributed by atoms with E-state index >= 15 is 0 Å². The molecule has 0 saturated heterocycles. The van der Waals surface area contributed by atoms with Crippen LogP contribution < -0.4 is 11.3 Å². The van der Waals surface area contributed by atoms with Gasteiger partial charge in [0.1, 0.15) is 0 Å². The van der Waals surface area contributed by atoms with Gasteiger partial charge in [0.15, 0.2) is 0 Å². The van der Waals surface area contributed by atoms with Crippen LogP contribution in [-0.2, 0) is 0 Å². The number of aromatic nitrogens is 1. The summed E-state index contributed by atoms with van der Waals surface area (Å²) in [7, 11) is 0. The molecule has 106 valence electrons. The van der Waals surface area contributed by atoms with E-state index < -0.39 is 0 Å². The lowest BCUT2D eigenvalue weighted by Gasteiger charge is -2.18. The minimum Gasteiger partial charge on any atom is -0.271 e. The Morgan fingerprint density at radius 2 is 1.81 bits per heavy atom. The molecule has 3 rings (SSSR count). The zero-order valence-electron chi connectivity index (χ0n) is 11.7. The number of aryl methyl sites for hydroxylation is 1. The molecule has 3 aromatic rings. The first-order chi connectivity index (χ1) is 10.2. The van der Waals surface area contributed by atoms with Crippen molar-refractivity contribution in [1.29, 1.82) is 0 Å². The summed E-state index contributed by atoms with van der Waals surface area (Å²) in [5.41, 5.74) is 7.03. The van der Waals surface area contributed by atoms with Crippen LogP contribution >= 0.6 is 15.9 Å². The highest BCUT2D eigenvalue weighted by Gasteiger charge is 2.17. The van der Waals surface area contributed by atoms with Crippen LogP contribution in [0.1, 0.15) is 22.9 Å². The number of para-hydroxylation sites is 1. The molecule has 0 aliphatic rings. The second kappa shape index (κ2) is 5.93. The average Bonchev–Trinajstić information content (AvgIpc) is 2.50. The molecule has 3 nitrogen and oxygen atoms in total. The Morgan fingerprint density at radius 1 is 1.10 bits per heavy atom. The summed E-state index contributed by atoms with van der Waals surface area (Å²) < 4.78 is 0.949. The molecule has 0 saturated carbocycles. The smallest absolute Gasteiger partial charge is 0.0893 e. The van der Waals surface area contributed by atoms with E-state index in [1.807, 2.05) is 24.3 Å². The van der Waals surface area contributed by atoms with Crippen molar-refractivity contribution in [3.63, 3.8) is 0 Å². The van der Waals surface area contributed by atoms with Crippen molar-refractivity contribution in [2.75, 3.05) is 0 Å². The lowest BCUT2D eigenvalue weighted by molar-refractivity contribution is 0.620. The van der Waals surface area contributed by atoms with Gasteiger partial charge in [-0.15, -0.1) is 0 Å². The first-order valence-corrected chi connectivity index (χ1v) is 7.56. The Bertz CT molecular complexity index is 769. The van der Waals surface area contributed by atoms with Gasteiger partial charge in [-0.1, -0.05) is 48.0 Å². The van der Waals surface area contributed by atoms with Crippen LogP contribution in [0, 0.1) is 6.92 Å². The summed E-state index contributed by atoms with van der Waals surface area (Å²) in [4.78, 5) is 4.76. The molecule has 1 unspecified atom stereocenters. The SMILES string of the molecule is Cc1ccc(C(NN)c2nc3ccccc3cc2Br)cc1. The minimum absolute atomic E-state index is 0.149. The van der Waals surface area contributed by atoms with Crippen LogP contribution in [0.3, 0.4) is 0 Å². The fraction of sp³-hybridized carbons (Fsp3) is 0.118. The normalized spacial score (nSPS) is 12.5. The molecule has 21 heavy (non-hydrogen) atoms. The number of nitrogens with one attached hydrogen (secondary N) is 1. The van der Waals surface area contributed by atoms with Gasteiger partial charge in [-0.05, 0) is 40.5 Å². The number of nitrogens with two attached hydrogens (primary N) is 1. The predicted octanol–water partition coefficient (Wildman–Crippen LogP) is 3.86. The number of pyridine rings is 1. The zero-order chi connectivity index (χ0) is 14.8. The Balaban J connectivity index is 2.12. The molecule has 4 heteroatoms. The molecule has 1 heterocycles. The number of nitrogens with zero attached hydrogens (tertiary/aromatic N) is 1. The van der Waals surface area contributed by atoms with Gasteiger partial charge in [0, 0.05) is 9.86 Å². The van der Waals surface area contributed by atoms with E-state index in [9.17, 15) is 0 Å².